The quantitative estimate of drug-likeness (QED) is 0.856. The van der Waals surface area contributed by atoms with Gasteiger partial charge in [0.15, 0.2) is 0 Å². The Balaban J connectivity index is 1.41. The molecule has 0 unspecified atom stereocenters. The Hall–Kier alpha value is -1.65. The first-order chi connectivity index (χ1) is 11.8. The van der Waals surface area contributed by atoms with E-state index in [0.29, 0.717) is 0 Å². The minimum Gasteiger partial charge on any atom is -0.354 e. The summed E-state index contributed by atoms with van der Waals surface area (Å²) in [6.07, 6.45) is 6.52. The second kappa shape index (κ2) is 7.08. The lowest BCUT2D eigenvalue weighted by Crippen LogP contribution is -2.46. The highest BCUT2D eigenvalue weighted by atomic mass is 35.5. The molecule has 2 aromatic rings. The molecule has 0 amide bonds. The van der Waals surface area contributed by atoms with Gasteiger partial charge in [0.25, 0.3) is 0 Å². The van der Waals surface area contributed by atoms with Crippen molar-refractivity contribution in [2.45, 2.75) is 32.2 Å². The van der Waals surface area contributed by atoms with Gasteiger partial charge in [-0.05, 0) is 43.4 Å². The van der Waals surface area contributed by atoms with Gasteiger partial charge in [-0.15, -0.1) is 0 Å². The minimum atomic E-state index is 0.818. The van der Waals surface area contributed by atoms with Crippen LogP contribution in [0.2, 0.25) is 5.02 Å². The monoisotopic (exact) mass is 342 g/mol. The lowest BCUT2D eigenvalue weighted by Gasteiger charge is -2.36. The molecule has 0 atom stereocenters. The van der Waals surface area contributed by atoms with Crippen LogP contribution < -0.4 is 4.90 Å². The van der Waals surface area contributed by atoms with E-state index < -0.39 is 0 Å². The van der Waals surface area contributed by atoms with Crippen molar-refractivity contribution in [3.63, 3.8) is 0 Å². The molecular formula is C19H23ClN4. The van der Waals surface area contributed by atoms with Crippen molar-refractivity contribution >= 4 is 17.4 Å². The van der Waals surface area contributed by atoms with Gasteiger partial charge >= 0.3 is 0 Å². The van der Waals surface area contributed by atoms with Gasteiger partial charge < -0.3 is 4.90 Å². The van der Waals surface area contributed by atoms with E-state index in [1.54, 1.807) is 6.33 Å². The summed E-state index contributed by atoms with van der Waals surface area (Å²) in [5, 5.41) is 0.818. The largest absolute Gasteiger partial charge is 0.354 e. The molecule has 1 aliphatic carbocycles. The van der Waals surface area contributed by atoms with Crippen molar-refractivity contribution in [2.75, 3.05) is 31.1 Å². The van der Waals surface area contributed by atoms with Gasteiger partial charge in [0.2, 0.25) is 0 Å². The molecular weight excluding hydrogens is 320 g/mol. The highest BCUT2D eigenvalue weighted by Crippen LogP contribution is 2.27. The van der Waals surface area contributed by atoms with Crippen LogP contribution in [0.4, 0.5) is 5.82 Å². The summed E-state index contributed by atoms with van der Waals surface area (Å²) in [4.78, 5) is 14.0. The molecule has 24 heavy (non-hydrogen) atoms. The normalized spacial score (nSPS) is 18.5. The van der Waals surface area contributed by atoms with Gasteiger partial charge in [0, 0.05) is 49.0 Å². The molecule has 4 rings (SSSR count). The lowest BCUT2D eigenvalue weighted by molar-refractivity contribution is 0.249. The summed E-state index contributed by atoms with van der Waals surface area (Å²) in [5.41, 5.74) is 3.95. The molecule has 1 aromatic heterocycles. The summed E-state index contributed by atoms with van der Waals surface area (Å²) in [6, 6.07) is 8.18. The third kappa shape index (κ3) is 3.40. The summed E-state index contributed by atoms with van der Waals surface area (Å²) in [7, 11) is 0. The van der Waals surface area contributed by atoms with Crippen LogP contribution in [0.1, 0.15) is 29.7 Å². The Labute approximate surface area is 148 Å². The maximum absolute atomic E-state index is 6.09. The third-order valence-corrected chi connectivity index (χ3v) is 5.30. The maximum Gasteiger partial charge on any atom is 0.135 e. The first kappa shape index (κ1) is 15.9. The van der Waals surface area contributed by atoms with Crippen molar-refractivity contribution in [3.05, 3.63) is 52.4 Å². The zero-order valence-corrected chi connectivity index (χ0v) is 14.7. The van der Waals surface area contributed by atoms with Crippen LogP contribution in [0.15, 0.2) is 30.6 Å². The summed E-state index contributed by atoms with van der Waals surface area (Å²) in [6.45, 7) is 5.15. The topological polar surface area (TPSA) is 32.3 Å². The number of fused-ring (bicyclic) bond motifs is 1. The van der Waals surface area contributed by atoms with Gasteiger partial charge in [0.05, 0.1) is 0 Å². The smallest absolute Gasteiger partial charge is 0.135 e. The zero-order chi connectivity index (χ0) is 16.4. The molecule has 126 valence electrons. The van der Waals surface area contributed by atoms with Gasteiger partial charge in [-0.2, -0.15) is 0 Å². The first-order valence-electron chi connectivity index (χ1n) is 8.84. The van der Waals surface area contributed by atoms with Gasteiger partial charge in [-0.25, -0.2) is 9.97 Å². The van der Waals surface area contributed by atoms with E-state index in [1.807, 2.05) is 12.1 Å². The number of hydrogen-bond acceptors (Lipinski definition) is 4. The molecule has 5 heteroatoms. The molecule has 4 nitrogen and oxygen atoms in total. The first-order valence-corrected chi connectivity index (χ1v) is 9.22. The van der Waals surface area contributed by atoms with Crippen LogP contribution >= 0.6 is 11.6 Å². The van der Waals surface area contributed by atoms with Crippen LogP contribution in [-0.2, 0) is 19.4 Å². The number of hydrogen-bond donors (Lipinski definition) is 0. The van der Waals surface area contributed by atoms with Gasteiger partial charge in [0.1, 0.15) is 12.1 Å². The predicted molar refractivity (Wildman–Crippen MR) is 97.6 cm³/mol. The van der Waals surface area contributed by atoms with Crippen LogP contribution in [0.5, 0.6) is 0 Å². The highest BCUT2D eigenvalue weighted by Gasteiger charge is 2.23. The van der Waals surface area contributed by atoms with Crippen molar-refractivity contribution in [1.82, 2.24) is 14.9 Å². The summed E-state index contributed by atoms with van der Waals surface area (Å²) >= 11 is 6.09. The van der Waals surface area contributed by atoms with E-state index >= 15 is 0 Å². The lowest BCUT2D eigenvalue weighted by atomic mass is 9.96. The molecule has 0 bridgehead atoms. The molecule has 0 N–H and O–H groups in total. The Morgan fingerprint density at radius 3 is 2.67 bits per heavy atom. The van der Waals surface area contributed by atoms with Crippen molar-refractivity contribution in [3.8, 4) is 0 Å². The molecule has 1 fully saturated rings. The molecule has 2 aliphatic rings. The third-order valence-electron chi connectivity index (χ3n) is 5.07. The fourth-order valence-electron chi connectivity index (χ4n) is 3.79. The fraction of sp³-hybridized carbons (Fsp3) is 0.474. The van der Waals surface area contributed by atoms with Crippen LogP contribution in [0, 0.1) is 0 Å². The van der Waals surface area contributed by atoms with E-state index in [9.17, 15) is 0 Å². The SMILES string of the molecule is Clc1cccc(CN2CCN(c3ncnc4c3CCCC4)CC2)c1. The molecule has 1 aliphatic heterocycles. The number of rotatable bonds is 3. The van der Waals surface area contributed by atoms with E-state index in [4.69, 9.17) is 11.6 Å². The molecule has 0 saturated carbocycles. The van der Waals surface area contributed by atoms with E-state index in [-0.39, 0.29) is 0 Å². The Morgan fingerprint density at radius 2 is 1.83 bits per heavy atom. The van der Waals surface area contributed by atoms with Gasteiger partial charge in [-0.3, -0.25) is 4.90 Å². The highest BCUT2D eigenvalue weighted by molar-refractivity contribution is 6.30. The molecule has 1 saturated heterocycles. The molecule has 0 spiro atoms. The van der Waals surface area contributed by atoms with Crippen LogP contribution in [0.3, 0.4) is 0 Å². The Bertz CT molecular complexity index is 710. The van der Waals surface area contributed by atoms with Crippen molar-refractivity contribution < 1.29 is 0 Å². The Kier molecular flexibility index (Phi) is 4.67. The molecule has 1 aromatic carbocycles. The Morgan fingerprint density at radius 1 is 1.00 bits per heavy atom. The van der Waals surface area contributed by atoms with Gasteiger partial charge in [-0.1, -0.05) is 23.7 Å². The number of anilines is 1. The van der Waals surface area contributed by atoms with E-state index in [0.717, 1.165) is 50.6 Å². The number of halogens is 1. The van der Waals surface area contributed by atoms with E-state index in [2.05, 4.69) is 31.9 Å². The zero-order valence-electron chi connectivity index (χ0n) is 13.9. The summed E-state index contributed by atoms with van der Waals surface area (Å²) in [5.74, 6) is 1.18. The second-order valence-corrected chi connectivity index (χ2v) is 7.16. The predicted octanol–water partition coefficient (Wildman–Crippen LogP) is 3.33. The average molecular weight is 343 g/mol. The number of aryl methyl sites for hydroxylation is 1. The summed E-state index contributed by atoms with van der Waals surface area (Å²) < 4.78 is 0. The fourth-order valence-corrected chi connectivity index (χ4v) is 4.00. The molecule has 2 heterocycles. The number of piperazine rings is 1. The maximum atomic E-state index is 6.09. The van der Waals surface area contributed by atoms with Crippen LogP contribution in [-0.4, -0.2) is 41.0 Å². The van der Waals surface area contributed by atoms with Crippen molar-refractivity contribution in [1.29, 1.82) is 0 Å². The second-order valence-electron chi connectivity index (χ2n) is 6.72. The number of nitrogens with zero attached hydrogens (tertiary/aromatic N) is 4. The standard InChI is InChI=1S/C19H23ClN4/c20-16-5-3-4-15(12-16)13-23-8-10-24(11-9-23)19-17-6-1-2-7-18(17)21-14-22-19/h3-5,12,14H,1-2,6-11,13H2. The average Bonchev–Trinajstić information content (AvgIpc) is 2.62. The number of aromatic nitrogens is 2. The number of benzene rings is 1. The minimum absolute atomic E-state index is 0.818. The molecule has 0 radical (unpaired) electrons. The van der Waals surface area contributed by atoms with E-state index in [1.165, 1.54) is 35.5 Å². The van der Waals surface area contributed by atoms with Crippen LogP contribution in [0.25, 0.3) is 0 Å². The van der Waals surface area contributed by atoms with Crippen molar-refractivity contribution in [2.24, 2.45) is 0 Å².